The summed E-state index contributed by atoms with van der Waals surface area (Å²) in [6, 6.07) is 19.3. The number of rotatable bonds is 5. The topological polar surface area (TPSA) is 55.7 Å². The summed E-state index contributed by atoms with van der Waals surface area (Å²) < 4.78 is 29.9. The molecule has 3 aromatic carbocycles. The molecule has 0 aliphatic heterocycles. The highest BCUT2D eigenvalue weighted by molar-refractivity contribution is 7.87. The largest absolute Gasteiger partial charge is 0.379 e. The molecule has 0 aliphatic carbocycles. The number of benzene rings is 3. The number of hydrogen-bond donors (Lipinski definition) is 0. The van der Waals surface area contributed by atoms with Crippen molar-refractivity contribution >= 4 is 22.0 Å². The molecular formula is C22H21NO3S. The second-order valence-corrected chi connectivity index (χ2v) is 7.94. The maximum atomic E-state index is 12.3. The van der Waals surface area contributed by atoms with Crippen molar-refractivity contribution in [1.82, 2.24) is 0 Å². The highest BCUT2D eigenvalue weighted by atomic mass is 32.2. The molecule has 4 nitrogen and oxygen atoms in total. The molecule has 0 amide bonds. The number of nitrogens with zero attached hydrogens (tertiary/aromatic N) is 1. The Labute approximate surface area is 160 Å². The van der Waals surface area contributed by atoms with Crippen LogP contribution in [0.2, 0.25) is 0 Å². The summed E-state index contributed by atoms with van der Waals surface area (Å²) in [6.45, 7) is 5.99. The molecule has 0 heterocycles. The lowest BCUT2D eigenvalue weighted by atomic mass is 10.1. The lowest BCUT2D eigenvalue weighted by molar-refractivity contribution is 0.486. The predicted octanol–water partition coefficient (Wildman–Crippen LogP) is 5.13. The molecule has 3 aromatic rings. The smallest absolute Gasteiger partial charge is 0.339 e. The van der Waals surface area contributed by atoms with E-state index in [-0.39, 0.29) is 10.6 Å². The first-order valence-corrected chi connectivity index (χ1v) is 9.97. The first-order chi connectivity index (χ1) is 12.8. The Morgan fingerprint density at radius 2 is 1.52 bits per heavy atom. The second kappa shape index (κ2) is 7.76. The first-order valence-electron chi connectivity index (χ1n) is 8.57. The van der Waals surface area contributed by atoms with Crippen LogP contribution in [0.25, 0.3) is 0 Å². The first kappa shape index (κ1) is 18.9. The third kappa shape index (κ3) is 4.63. The summed E-state index contributed by atoms with van der Waals surface area (Å²) in [5, 5.41) is 0. The van der Waals surface area contributed by atoms with Crippen LogP contribution in [0.3, 0.4) is 0 Å². The minimum Gasteiger partial charge on any atom is -0.379 e. The Kier molecular flexibility index (Phi) is 5.42. The van der Waals surface area contributed by atoms with Crippen molar-refractivity contribution in [3.63, 3.8) is 0 Å². The summed E-state index contributed by atoms with van der Waals surface area (Å²) in [4.78, 5) is 4.65. The van der Waals surface area contributed by atoms with E-state index < -0.39 is 10.1 Å². The number of hydrogen-bond acceptors (Lipinski definition) is 4. The lowest BCUT2D eigenvalue weighted by Crippen LogP contribution is -2.09. The molecule has 0 saturated heterocycles. The van der Waals surface area contributed by atoms with E-state index in [1.54, 1.807) is 42.6 Å². The Morgan fingerprint density at radius 3 is 2.19 bits per heavy atom. The van der Waals surface area contributed by atoms with Crippen molar-refractivity contribution in [1.29, 1.82) is 0 Å². The van der Waals surface area contributed by atoms with Gasteiger partial charge in [-0.05, 0) is 79.9 Å². The standard InChI is InChI=1S/C22H21NO3S/c1-16-7-13-21(14-8-16)27(24,25)26-20-11-9-19(10-12-20)15-23-22-6-4-5-17(2)18(22)3/h4-15H,1-3H3. The van der Waals surface area contributed by atoms with Gasteiger partial charge in [0.1, 0.15) is 10.6 Å². The summed E-state index contributed by atoms with van der Waals surface area (Å²) in [6.07, 6.45) is 1.75. The Hall–Kier alpha value is -2.92. The molecule has 3 rings (SSSR count). The molecule has 0 unspecified atom stereocenters. The fourth-order valence-electron chi connectivity index (χ4n) is 2.51. The Morgan fingerprint density at radius 1 is 0.852 bits per heavy atom. The van der Waals surface area contributed by atoms with Gasteiger partial charge < -0.3 is 4.18 Å². The minimum atomic E-state index is -3.84. The quantitative estimate of drug-likeness (QED) is 0.456. The fourth-order valence-corrected chi connectivity index (χ4v) is 3.44. The van der Waals surface area contributed by atoms with Gasteiger partial charge in [-0.3, -0.25) is 4.99 Å². The van der Waals surface area contributed by atoms with E-state index in [2.05, 4.69) is 18.0 Å². The number of aryl methyl sites for hydroxylation is 2. The van der Waals surface area contributed by atoms with Gasteiger partial charge in [0.25, 0.3) is 0 Å². The predicted molar refractivity (Wildman–Crippen MR) is 109 cm³/mol. The highest BCUT2D eigenvalue weighted by Crippen LogP contribution is 2.22. The monoisotopic (exact) mass is 379 g/mol. The normalized spacial score (nSPS) is 11.7. The van der Waals surface area contributed by atoms with E-state index in [1.807, 2.05) is 26.0 Å². The minimum absolute atomic E-state index is 0.133. The van der Waals surface area contributed by atoms with Crippen LogP contribution in [0.4, 0.5) is 5.69 Å². The zero-order valence-electron chi connectivity index (χ0n) is 15.5. The maximum absolute atomic E-state index is 12.3. The lowest BCUT2D eigenvalue weighted by Gasteiger charge is -2.07. The van der Waals surface area contributed by atoms with Gasteiger partial charge in [-0.25, -0.2) is 0 Å². The third-order valence-corrected chi connectivity index (χ3v) is 5.59. The Balaban J connectivity index is 1.74. The molecule has 0 fully saturated rings. The van der Waals surface area contributed by atoms with Crippen LogP contribution in [-0.4, -0.2) is 14.6 Å². The molecule has 0 radical (unpaired) electrons. The molecule has 0 aromatic heterocycles. The van der Waals surface area contributed by atoms with Crippen LogP contribution in [0.1, 0.15) is 22.3 Å². The van der Waals surface area contributed by atoms with Gasteiger partial charge in [0.15, 0.2) is 0 Å². The zero-order chi connectivity index (χ0) is 19.4. The van der Waals surface area contributed by atoms with Crippen molar-refractivity contribution in [3.8, 4) is 5.75 Å². The average molecular weight is 379 g/mol. The molecule has 0 spiro atoms. The summed E-state index contributed by atoms with van der Waals surface area (Å²) >= 11 is 0. The molecular weight excluding hydrogens is 358 g/mol. The van der Waals surface area contributed by atoms with E-state index in [4.69, 9.17) is 4.18 Å². The van der Waals surface area contributed by atoms with Crippen LogP contribution in [-0.2, 0) is 10.1 Å². The van der Waals surface area contributed by atoms with E-state index in [9.17, 15) is 8.42 Å². The van der Waals surface area contributed by atoms with Crippen molar-refractivity contribution in [2.45, 2.75) is 25.7 Å². The molecule has 0 saturated carbocycles. The van der Waals surface area contributed by atoms with Crippen molar-refractivity contribution < 1.29 is 12.6 Å². The van der Waals surface area contributed by atoms with Gasteiger partial charge in [0, 0.05) is 6.21 Å². The van der Waals surface area contributed by atoms with Crippen molar-refractivity contribution in [2.75, 3.05) is 0 Å². The van der Waals surface area contributed by atoms with Gasteiger partial charge in [-0.1, -0.05) is 29.8 Å². The van der Waals surface area contributed by atoms with E-state index in [0.717, 1.165) is 22.4 Å². The van der Waals surface area contributed by atoms with Gasteiger partial charge in [0.05, 0.1) is 5.69 Å². The Bertz CT molecular complexity index is 1070. The van der Waals surface area contributed by atoms with E-state index in [0.29, 0.717) is 0 Å². The van der Waals surface area contributed by atoms with Crippen LogP contribution in [0, 0.1) is 20.8 Å². The van der Waals surface area contributed by atoms with Crippen molar-refractivity contribution in [3.05, 3.63) is 89.0 Å². The van der Waals surface area contributed by atoms with Gasteiger partial charge >= 0.3 is 10.1 Å². The van der Waals surface area contributed by atoms with Crippen molar-refractivity contribution in [2.24, 2.45) is 4.99 Å². The molecule has 0 bridgehead atoms. The molecule has 0 N–H and O–H groups in total. The van der Waals surface area contributed by atoms with E-state index >= 15 is 0 Å². The van der Waals surface area contributed by atoms with E-state index in [1.165, 1.54) is 17.7 Å². The summed E-state index contributed by atoms with van der Waals surface area (Å²) in [5.74, 6) is 0.263. The highest BCUT2D eigenvalue weighted by Gasteiger charge is 2.16. The number of aliphatic imine (C=N–C) groups is 1. The van der Waals surface area contributed by atoms with Crippen LogP contribution in [0.5, 0.6) is 5.75 Å². The molecule has 0 atom stereocenters. The second-order valence-electron chi connectivity index (χ2n) is 6.40. The maximum Gasteiger partial charge on any atom is 0.339 e. The van der Waals surface area contributed by atoms with Crippen LogP contribution in [0.15, 0.2) is 76.6 Å². The summed E-state index contributed by atoms with van der Waals surface area (Å²) in [7, 11) is -3.84. The SMILES string of the molecule is Cc1ccc(S(=O)(=O)Oc2ccc(C=Nc3cccc(C)c3C)cc2)cc1. The van der Waals surface area contributed by atoms with Crippen LogP contribution < -0.4 is 4.18 Å². The van der Waals surface area contributed by atoms with Gasteiger partial charge in [0.2, 0.25) is 0 Å². The zero-order valence-corrected chi connectivity index (χ0v) is 16.3. The molecule has 27 heavy (non-hydrogen) atoms. The molecule has 5 heteroatoms. The van der Waals surface area contributed by atoms with Gasteiger partial charge in [-0.15, -0.1) is 0 Å². The third-order valence-electron chi connectivity index (χ3n) is 4.32. The summed E-state index contributed by atoms with van der Waals surface area (Å²) in [5.41, 5.74) is 5.09. The van der Waals surface area contributed by atoms with Gasteiger partial charge in [-0.2, -0.15) is 8.42 Å². The fraction of sp³-hybridized carbons (Fsp3) is 0.136. The average Bonchev–Trinajstić information content (AvgIpc) is 2.64. The molecule has 138 valence electrons. The molecule has 0 aliphatic rings. The van der Waals surface area contributed by atoms with Crippen LogP contribution >= 0.6 is 0 Å².